The van der Waals surface area contributed by atoms with Gasteiger partial charge in [0.25, 0.3) is 5.91 Å². The van der Waals surface area contributed by atoms with Crippen LogP contribution in [0.5, 0.6) is 0 Å². The highest BCUT2D eigenvalue weighted by molar-refractivity contribution is 6.42. The molecule has 0 aliphatic carbocycles. The van der Waals surface area contributed by atoms with E-state index in [0.717, 1.165) is 29.0 Å². The monoisotopic (exact) mass is 379 g/mol. The number of carbonyl (C=O) groups is 1. The second-order valence-electron chi connectivity index (χ2n) is 6.27. The molecule has 2 rings (SSSR count). The molecule has 2 aromatic rings. The zero-order valence-electron chi connectivity index (χ0n) is 15.0. The van der Waals surface area contributed by atoms with Crippen molar-refractivity contribution >= 4 is 34.8 Å². The molecule has 0 fully saturated rings. The summed E-state index contributed by atoms with van der Waals surface area (Å²) in [6.07, 6.45) is 1.80. The summed E-state index contributed by atoms with van der Waals surface area (Å²) >= 11 is 12.0. The number of anilines is 1. The van der Waals surface area contributed by atoms with E-state index < -0.39 is 0 Å². The fraction of sp³-hybridized carbons (Fsp3) is 0.350. The van der Waals surface area contributed by atoms with Gasteiger partial charge in [-0.15, -0.1) is 0 Å². The average molecular weight is 380 g/mol. The first-order chi connectivity index (χ1) is 11.9. The van der Waals surface area contributed by atoms with Crippen molar-refractivity contribution in [3.05, 3.63) is 63.1 Å². The molecular weight excluding hydrogens is 355 g/mol. The van der Waals surface area contributed by atoms with Crippen LogP contribution < -0.4 is 10.2 Å². The molecule has 1 amide bonds. The highest BCUT2D eigenvalue weighted by atomic mass is 35.5. The number of carbonyl (C=O) groups excluding carboxylic acids is 1. The zero-order chi connectivity index (χ0) is 18.4. The lowest BCUT2D eigenvalue weighted by Gasteiger charge is -2.17. The Hall–Kier alpha value is -1.55. The molecule has 3 nitrogen and oxygen atoms in total. The number of nitrogens with one attached hydrogen (secondary N) is 2. The number of aryl methyl sites for hydroxylation is 2. The molecule has 5 heteroatoms. The van der Waals surface area contributed by atoms with Crippen molar-refractivity contribution in [1.82, 2.24) is 0 Å². The number of quaternary nitrogens is 1. The summed E-state index contributed by atoms with van der Waals surface area (Å²) in [6, 6.07) is 11.8. The topological polar surface area (TPSA) is 33.5 Å². The summed E-state index contributed by atoms with van der Waals surface area (Å²) in [7, 11) is 1.99. The van der Waals surface area contributed by atoms with Crippen molar-refractivity contribution in [3.63, 3.8) is 0 Å². The van der Waals surface area contributed by atoms with Gasteiger partial charge in [0.2, 0.25) is 0 Å². The summed E-state index contributed by atoms with van der Waals surface area (Å²) < 4.78 is 0. The van der Waals surface area contributed by atoms with Gasteiger partial charge in [0.05, 0.1) is 17.1 Å². The summed E-state index contributed by atoms with van der Waals surface area (Å²) in [5, 5.41) is 4.20. The van der Waals surface area contributed by atoms with Crippen molar-refractivity contribution in [3.8, 4) is 0 Å². The highest BCUT2D eigenvalue weighted by Crippen LogP contribution is 2.23. The first-order valence-corrected chi connectivity index (χ1v) is 9.36. The molecule has 0 saturated heterocycles. The SMILES string of the molecule is CCc1cccc(CC)c1NC(=O)C[NH+](C)Cc1ccc(Cl)c(Cl)c1. The normalized spacial score (nSPS) is 12.0. The Kier molecular flexibility index (Phi) is 7.30. The Balaban J connectivity index is 2.01. The van der Waals surface area contributed by atoms with Crippen LogP contribution in [0.1, 0.15) is 30.5 Å². The minimum absolute atomic E-state index is 0.0214. The van der Waals surface area contributed by atoms with Gasteiger partial charge in [-0.1, -0.05) is 61.3 Å². The second kappa shape index (κ2) is 9.23. The Morgan fingerprint density at radius 2 is 1.68 bits per heavy atom. The summed E-state index contributed by atoms with van der Waals surface area (Å²) in [4.78, 5) is 13.6. The summed E-state index contributed by atoms with van der Waals surface area (Å²) in [5.74, 6) is 0.0214. The quantitative estimate of drug-likeness (QED) is 0.753. The molecule has 2 N–H and O–H groups in total. The van der Waals surface area contributed by atoms with Gasteiger partial charge >= 0.3 is 0 Å². The molecule has 0 spiro atoms. The second-order valence-corrected chi connectivity index (χ2v) is 7.08. The molecule has 1 unspecified atom stereocenters. The molecule has 0 bridgehead atoms. The van der Waals surface area contributed by atoms with Crippen LogP contribution in [-0.2, 0) is 24.2 Å². The average Bonchev–Trinajstić information content (AvgIpc) is 2.58. The maximum Gasteiger partial charge on any atom is 0.279 e. The molecule has 0 heterocycles. The van der Waals surface area contributed by atoms with Gasteiger partial charge in [0.15, 0.2) is 6.54 Å². The third-order valence-corrected chi connectivity index (χ3v) is 4.95. The van der Waals surface area contributed by atoms with Gasteiger partial charge in [-0.25, -0.2) is 0 Å². The Labute approximate surface area is 159 Å². The number of benzene rings is 2. The number of likely N-dealkylation sites (N-methyl/N-ethyl adjacent to an activating group) is 1. The number of amides is 1. The van der Waals surface area contributed by atoms with Crippen LogP contribution in [0.4, 0.5) is 5.69 Å². The van der Waals surface area contributed by atoms with Crippen LogP contribution in [0.3, 0.4) is 0 Å². The van der Waals surface area contributed by atoms with Gasteiger partial charge in [-0.2, -0.15) is 0 Å². The molecule has 0 aliphatic rings. The zero-order valence-corrected chi connectivity index (χ0v) is 16.5. The van der Waals surface area contributed by atoms with E-state index in [1.165, 1.54) is 11.1 Å². The van der Waals surface area contributed by atoms with E-state index in [2.05, 4.69) is 37.4 Å². The predicted molar refractivity (Wildman–Crippen MR) is 106 cm³/mol. The summed E-state index contributed by atoms with van der Waals surface area (Å²) in [6.45, 7) is 5.31. The largest absolute Gasteiger partial charge is 0.326 e. The van der Waals surface area contributed by atoms with Crippen LogP contribution in [0.25, 0.3) is 0 Å². The van der Waals surface area contributed by atoms with Crippen LogP contribution in [0.15, 0.2) is 36.4 Å². The van der Waals surface area contributed by atoms with Crippen molar-refractivity contribution < 1.29 is 9.69 Å². The van der Waals surface area contributed by atoms with Crippen molar-refractivity contribution in [2.75, 3.05) is 18.9 Å². The van der Waals surface area contributed by atoms with Gasteiger partial charge in [-0.05, 0) is 36.1 Å². The van der Waals surface area contributed by atoms with Crippen LogP contribution in [0, 0.1) is 0 Å². The van der Waals surface area contributed by atoms with Gasteiger partial charge in [0.1, 0.15) is 6.54 Å². The lowest BCUT2D eigenvalue weighted by molar-refractivity contribution is -0.885. The highest BCUT2D eigenvalue weighted by Gasteiger charge is 2.14. The van der Waals surface area contributed by atoms with Crippen LogP contribution in [-0.4, -0.2) is 19.5 Å². The smallest absolute Gasteiger partial charge is 0.279 e. The van der Waals surface area contributed by atoms with E-state index >= 15 is 0 Å². The van der Waals surface area contributed by atoms with Crippen LogP contribution >= 0.6 is 23.2 Å². The number of hydrogen-bond acceptors (Lipinski definition) is 1. The first kappa shape index (κ1) is 19.8. The fourth-order valence-corrected chi connectivity index (χ4v) is 3.24. The van der Waals surface area contributed by atoms with Crippen molar-refractivity contribution in [1.29, 1.82) is 0 Å². The molecule has 0 aromatic heterocycles. The first-order valence-electron chi connectivity index (χ1n) is 8.60. The number of para-hydroxylation sites is 1. The molecule has 0 saturated carbocycles. The fourth-order valence-electron chi connectivity index (χ4n) is 2.92. The van der Waals surface area contributed by atoms with Crippen molar-refractivity contribution in [2.45, 2.75) is 33.2 Å². The summed E-state index contributed by atoms with van der Waals surface area (Å²) in [5.41, 5.74) is 4.38. The molecular formula is C20H25Cl2N2O+. The third-order valence-electron chi connectivity index (χ3n) is 4.22. The Morgan fingerprint density at radius 3 is 2.24 bits per heavy atom. The standard InChI is InChI=1S/C20H24Cl2N2O/c1-4-15-7-6-8-16(5-2)20(15)23-19(25)13-24(3)12-14-9-10-17(21)18(22)11-14/h6-11H,4-5,12-13H2,1-3H3,(H,23,25)/p+1. The van der Waals surface area contributed by atoms with E-state index in [1.807, 2.05) is 19.2 Å². The molecule has 25 heavy (non-hydrogen) atoms. The lowest BCUT2D eigenvalue weighted by atomic mass is 10.0. The van der Waals surface area contributed by atoms with E-state index in [9.17, 15) is 4.79 Å². The molecule has 1 atom stereocenters. The predicted octanol–water partition coefficient (Wildman–Crippen LogP) is 3.77. The van der Waals surface area contributed by atoms with E-state index in [-0.39, 0.29) is 5.91 Å². The van der Waals surface area contributed by atoms with Gasteiger partial charge in [-0.3, -0.25) is 4.79 Å². The minimum Gasteiger partial charge on any atom is -0.326 e. The molecule has 2 aromatic carbocycles. The minimum atomic E-state index is 0.0214. The molecule has 0 radical (unpaired) electrons. The van der Waals surface area contributed by atoms with E-state index in [1.54, 1.807) is 6.07 Å². The molecule has 134 valence electrons. The maximum atomic E-state index is 12.5. The van der Waals surface area contributed by atoms with Crippen LogP contribution in [0.2, 0.25) is 10.0 Å². The number of halogens is 2. The van der Waals surface area contributed by atoms with Gasteiger partial charge < -0.3 is 10.2 Å². The lowest BCUT2D eigenvalue weighted by Crippen LogP contribution is -3.08. The van der Waals surface area contributed by atoms with E-state index in [0.29, 0.717) is 23.1 Å². The van der Waals surface area contributed by atoms with Gasteiger partial charge in [0, 0.05) is 11.3 Å². The van der Waals surface area contributed by atoms with Crippen molar-refractivity contribution in [2.24, 2.45) is 0 Å². The maximum absolute atomic E-state index is 12.5. The van der Waals surface area contributed by atoms with E-state index in [4.69, 9.17) is 23.2 Å². The number of rotatable bonds is 7. The Morgan fingerprint density at radius 1 is 1.04 bits per heavy atom. The number of hydrogen-bond donors (Lipinski definition) is 2. The Bertz CT molecular complexity index is 724. The molecule has 0 aliphatic heterocycles. The third kappa shape index (κ3) is 5.46.